The van der Waals surface area contributed by atoms with E-state index in [0.29, 0.717) is 12.1 Å². The van der Waals surface area contributed by atoms with E-state index in [2.05, 4.69) is 29.5 Å². The van der Waals surface area contributed by atoms with Gasteiger partial charge in [-0.05, 0) is 13.8 Å². The fourth-order valence-electron chi connectivity index (χ4n) is 1.25. The van der Waals surface area contributed by atoms with Crippen molar-refractivity contribution in [2.45, 2.75) is 25.9 Å². The lowest BCUT2D eigenvalue weighted by Crippen LogP contribution is -2.32. The summed E-state index contributed by atoms with van der Waals surface area (Å²) in [6.07, 6.45) is 0. The van der Waals surface area contributed by atoms with Crippen molar-refractivity contribution in [2.75, 3.05) is 13.7 Å². The maximum atomic E-state index is 5.04. The number of thiazole rings is 1. The summed E-state index contributed by atoms with van der Waals surface area (Å²) >= 11 is 1.63. The first-order chi connectivity index (χ1) is 6.24. The van der Waals surface area contributed by atoms with Gasteiger partial charge < -0.3 is 10.1 Å². The molecule has 2 unspecified atom stereocenters. The van der Waals surface area contributed by atoms with E-state index in [9.17, 15) is 0 Å². The molecular weight excluding hydrogens is 184 g/mol. The number of aromatic nitrogens is 1. The smallest absolute Gasteiger partial charge is 0.0795 e. The molecule has 13 heavy (non-hydrogen) atoms. The maximum absolute atomic E-state index is 5.04. The second-order valence-corrected chi connectivity index (χ2v) is 3.88. The maximum Gasteiger partial charge on any atom is 0.0795 e. The van der Waals surface area contributed by atoms with Crippen molar-refractivity contribution < 1.29 is 4.74 Å². The van der Waals surface area contributed by atoms with Crippen molar-refractivity contribution >= 4 is 11.3 Å². The highest BCUT2D eigenvalue weighted by molar-refractivity contribution is 7.07. The Kier molecular flexibility index (Phi) is 4.35. The topological polar surface area (TPSA) is 34.1 Å². The number of hydrogen-bond acceptors (Lipinski definition) is 4. The van der Waals surface area contributed by atoms with Crippen LogP contribution in [0.3, 0.4) is 0 Å². The molecule has 74 valence electrons. The molecule has 0 radical (unpaired) electrons. The number of methoxy groups -OCH3 is 1. The van der Waals surface area contributed by atoms with Crippen molar-refractivity contribution in [2.24, 2.45) is 0 Å². The van der Waals surface area contributed by atoms with Gasteiger partial charge in [-0.3, -0.25) is 0 Å². The molecule has 1 N–H and O–H groups in total. The van der Waals surface area contributed by atoms with Gasteiger partial charge in [-0.2, -0.15) is 0 Å². The first-order valence-electron chi connectivity index (χ1n) is 4.37. The van der Waals surface area contributed by atoms with Crippen LogP contribution in [0.4, 0.5) is 0 Å². The summed E-state index contributed by atoms with van der Waals surface area (Å²) in [5.74, 6) is 0. The zero-order valence-electron chi connectivity index (χ0n) is 8.28. The quantitative estimate of drug-likeness (QED) is 0.787. The van der Waals surface area contributed by atoms with Gasteiger partial charge in [0.2, 0.25) is 0 Å². The van der Waals surface area contributed by atoms with Gasteiger partial charge in [0.25, 0.3) is 0 Å². The van der Waals surface area contributed by atoms with Gasteiger partial charge in [0.1, 0.15) is 0 Å². The fraction of sp³-hybridized carbons (Fsp3) is 0.667. The van der Waals surface area contributed by atoms with Crippen LogP contribution in [0, 0.1) is 0 Å². The van der Waals surface area contributed by atoms with Crippen LogP contribution in [-0.4, -0.2) is 24.7 Å². The molecule has 0 aliphatic rings. The zero-order valence-corrected chi connectivity index (χ0v) is 9.10. The molecule has 2 atom stereocenters. The van der Waals surface area contributed by atoms with E-state index in [1.54, 1.807) is 18.4 Å². The highest BCUT2D eigenvalue weighted by atomic mass is 32.1. The number of rotatable bonds is 5. The molecule has 0 saturated heterocycles. The lowest BCUT2D eigenvalue weighted by atomic mass is 10.2. The number of ether oxygens (including phenoxy) is 1. The molecule has 0 aromatic carbocycles. The van der Waals surface area contributed by atoms with Gasteiger partial charge in [0.05, 0.1) is 17.8 Å². The second kappa shape index (κ2) is 5.32. The molecule has 1 aromatic rings. The first-order valence-corrected chi connectivity index (χ1v) is 5.31. The van der Waals surface area contributed by atoms with Crippen molar-refractivity contribution in [3.05, 3.63) is 16.6 Å². The molecule has 0 amide bonds. The molecular formula is C9H16N2OS. The summed E-state index contributed by atoms with van der Waals surface area (Å²) in [6, 6.07) is 0.665. The van der Waals surface area contributed by atoms with E-state index < -0.39 is 0 Å². The Bertz CT molecular complexity index is 226. The fourth-order valence-corrected chi connectivity index (χ4v) is 1.89. The van der Waals surface area contributed by atoms with E-state index in [0.717, 1.165) is 12.3 Å². The minimum Gasteiger partial charge on any atom is -0.383 e. The molecule has 0 fully saturated rings. The molecule has 0 saturated carbocycles. The number of nitrogens with one attached hydrogen (secondary N) is 1. The van der Waals surface area contributed by atoms with Crippen molar-refractivity contribution in [1.82, 2.24) is 10.3 Å². The predicted molar refractivity (Wildman–Crippen MR) is 55.0 cm³/mol. The van der Waals surface area contributed by atoms with E-state index in [1.807, 2.05) is 5.51 Å². The van der Waals surface area contributed by atoms with Gasteiger partial charge in [0.15, 0.2) is 0 Å². The monoisotopic (exact) mass is 200 g/mol. The van der Waals surface area contributed by atoms with Crippen LogP contribution in [0.25, 0.3) is 0 Å². The van der Waals surface area contributed by atoms with Gasteiger partial charge in [-0.25, -0.2) is 4.98 Å². The van der Waals surface area contributed by atoms with E-state index >= 15 is 0 Å². The Labute approximate surface area is 83.1 Å². The molecule has 0 bridgehead atoms. The third-order valence-corrected chi connectivity index (χ3v) is 2.45. The van der Waals surface area contributed by atoms with Crippen LogP contribution in [0.1, 0.15) is 25.6 Å². The highest BCUT2D eigenvalue weighted by Gasteiger charge is 2.09. The molecule has 3 nitrogen and oxygen atoms in total. The summed E-state index contributed by atoms with van der Waals surface area (Å²) in [4.78, 5) is 4.24. The number of nitrogens with zero attached hydrogens (tertiary/aromatic N) is 1. The van der Waals surface area contributed by atoms with Gasteiger partial charge in [-0.1, -0.05) is 0 Å². The summed E-state index contributed by atoms with van der Waals surface area (Å²) in [7, 11) is 1.71. The van der Waals surface area contributed by atoms with Crippen LogP contribution < -0.4 is 5.32 Å². The normalized spacial score (nSPS) is 15.6. The molecule has 1 rings (SSSR count). The third kappa shape index (κ3) is 3.42. The highest BCUT2D eigenvalue weighted by Crippen LogP contribution is 2.12. The summed E-state index contributed by atoms with van der Waals surface area (Å²) in [5.41, 5.74) is 2.96. The average molecular weight is 200 g/mol. The standard InChI is InChI=1S/C9H16N2OS/c1-7(4-12-3)11-8(2)9-5-13-6-10-9/h5-8,11H,4H2,1-3H3. The van der Waals surface area contributed by atoms with Crippen molar-refractivity contribution in [3.63, 3.8) is 0 Å². The minimum atomic E-state index is 0.302. The summed E-state index contributed by atoms with van der Waals surface area (Å²) in [5, 5.41) is 5.47. The first kappa shape index (κ1) is 10.6. The third-order valence-electron chi connectivity index (χ3n) is 1.85. The number of hydrogen-bond donors (Lipinski definition) is 1. The summed E-state index contributed by atoms with van der Waals surface area (Å²) in [6.45, 7) is 4.95. The van der Waals surface area contributed by atoms with Crippen LogP contribution >= 0.6 is 11.3 Å². The van der Waals surface area contributed by atoms with Gasteiger partial charge >= 0.3 is 0 Å². The van der Waals surface area contributed by atoms with Gasteiger partial charge in [0, 0.05) is 24.6 Å². The largest absolute Gasteiger partial charge is 0.383 e. The Balaban J connectivity index is 2.37. The van der Waals surface area contributed by atoms with Crippen LogP contribution in [0.15, 0.2) is 10.9 Å². The Hall–Kier alpha value is -0.450. The Morgan fingerprint density at radius 2 is 2.38 bits per heavy atom. The second-order valence-electron chi connectivity index (χ2n) is 3.16. The molecule has 4 heteroatoms. The molecule has 0 spiro atoms. The molecule has 0 aliphatic heterocycles. The lowest BCUT2D eigenvalue weighted by molar-refractivity contribution is 0.167. The van der Waals surface area contributed by atoms with Crippen molar-refractivity contribution in [3.8, 4) is 0 Å². The van der Waals surface area contributed by atoms with E-state index in [1.165, 1.54) is 0 Å². The van der Waals surface area contributed by atoms with Crippen LogP contribution in [-0.2, 0) is 4.74 Å². The van der Waals surface area contributed by atoms with Crippen molar-refractivity contribution in [1.29, 1.82) is 0 Å². The Morgan fingerprint density at radius 3 is 2.92 bits per heavy atom. The zero-order chi connectivity index (χ0) is 9.68. The lowest BCUT2D eigenvalue weighted by Gasteiger charge is -2.17. The SMILES string of the molecule is COCC(C)NC(C)c1cscn1. The van der Waals surface area contributed by atoms with E-state index in [4.69, 9.17) is 4.74 Å². The van der Waals surface area contributed by atoms with Gasteiger partial charge in [-0.15, -0.1) is 11.3 Å². The minimum absolute atomic E-state index is 0.302. The average Bonchev–Trinajstić information content (AvgIpc) is 2.55. The van der Waals surface area contributed by atoms with E-state index in [-0.39, 0.29) is 0 Å². The van der Waals surface area contributed by atoms with Crippen LogP contribution in [0.5, 0.6) is 0 Å². The van der Waals surface area contributed by atoms with Crippen LogP contribution in [0.2, 0.25) is 0 Å². The molecule has 1 heterocycles. The molecule has 0 aliphatic carbocycles. The summed E-state index contributed by atoms with van der Waals surface area (Å²) < 4.78 is 5.04. The Morgan fingerprint density at radius 1 is 1.62 bits per heavy atom. The predicted octanol–water partition coefficient (Wildman–Crippen LogP) is 1.83. The molecule has 1 aromatic heterocycles.